The van der Waals surface area contributed by atoms with Crippen LogP contribution in [0.3, 0.4) is 0 Å². The average molecular weight is 380 g/mol. The minimum atomic E-state index is -4.29. The predicted molar refractivity (Wildman–Crippen MR) is 97.0 cm³/mol. The van der Waals surface area contributed by atoms with Crippen LogP contribution >= 0.6 is 0 Å². The van der Waals surface area contributed by atoms with Gasteiger partial charge in [-0.3, -0.25) is 4.79 Å². The number of likely N-dealkylation sites (tertiary alicyclic amines) is 1. The Morgan fingerprint density at radius 3 is 2.19 bits per heavy atom. The molecule has 1 aromatic rings. The van der Waals surface area contributed by atoms with Gasteiger partial charge in [0.25, 0.3) is 0 Å². The summed E-state index contributed by atoms with van der Waals surface area (Å²) in [4.78, 5) is 14.9. The molecule has 0 aromatic heterocycles. The van der Waals surface area contributed by atoms with Crippen LogP contribution in [0.4, 0.5) is 13.2 Å². The van der Waals surface area contributed by atoms with Gasteiger partial charge in [-0.05, 0) is 74.0 Å². The van der Waals surface area contributed by atoms with E-state index in [-0.39, 0.29) is 23.2 Å². The molecule has 3 aliphatic rings. The Morgan fingerprint density at radius 1 is 1.04 bits per heavy atom. The van der Waals surface area contributed by atoms with Gasteiger partial charge in [0.15, 0.2) is 0 Å². The van der Waals surface area contributed by atoms with Crippen LogP contribution in [-0.2, 0) is 11.0 Å². The first-order chi connectivity index (χ1) is 12.8. The number of carbonyl (C=O) groups is 1. The molecule has 3 fully saturated rings. The van der Waals surface area contributed by atoms with Gasteiger partial charge in [-0.2, -0.15) is 13.2 Å². The van der Waals surface area contributed by atoms with Gasteiger partial charge in [0, 0.05) is 25.0 Å². The van der Waals surface area contributed by atoms with E-state index in [0.717, 1.165) is 62.6 Å². The molecule has 1 unspecified atom stereocenters. The second-order valence-electron chi connectivity index (χ2n) is 8.68. The van der Waals surface area contributed by atoms with E-state index in [1.165, 1.54) is 0 Å². The summed E-state index contributed by atoms with van der Waals surface area (Å²) in [5.41, 5.74) is 6.55. The molecule has 1 atom stereocenters. The molecule has 6 heteroatoms. The summed E-state index contributed by atoms with van der Waals surface area (Å²) >= 11 is 0. The van der Waals surface area contributed by atoms with Crippen molar-refractivity contribution in [3.63, 3.8) is 0 Å². The largest absolute Gasteiger partial charge is 0.416 e. The monoisotopic (exact) mass is 380 g/mol. The van der Waals surface area contributed by atoms with E-state index in [1.807, 2.05) is 4.90 Å². The molecule has 1 amide bonds. The first kappa shape index (κ1) is 18.8. The van der Waals surface area contributed by atoms with Crippen molar-refractivity contribution in [3.05, 3.63) is 35.4 Å². The summed E-state index contributed by atoms with van der Waals surface area (Å²) in [6.45, 7) is 1.41. The molecular formula is C21H27F3N2O. The van der Waals surface area contributed by atoms with E-state index < -0.39 is 11.7 Å². The zero-order chi connectivity index (χ0) is 19.2. The van der Waals surface area contributed by atoms with Gasteiger partial charge in [-0.1, -0.05) is 12.1 Å². The van der Waals surface area contributed by atoms with Crippen molar-refractivity contribution in [3.8, 4) is 0 Å². The lowest BCUT2D eigenvalue weighted by molar-refractivity contribution is -0.137. The Hall–Kier alpha value is -1.56. The highest BCUT2D eigenvalue weighted by molar-refractivity contribution is 5.82. The van der Waals surface area contributed by atoms with E-state index >= 15 is 0 Å². The van der Waals surface area contributed by atoms with Crippen molar-refractivity contribution in [1.29, 1.82) is 0 Å². The lowest BCUT2D eigenvalue weighted by Gasteiger charge is -2.34. The maximum absolute atomic E-state index is 12.9. The smallest absolute Gasteiger partial charge is 0.342 e. The van der Waals surface area contributed by atoms with E-state index in [2.05, 4.69) is 0 Å². The molecule has 2 N–H and O–H groups in total. The van der Waals surface area contributed by atoms with Crippen molar-refractivity contribution in [2.45, 2.75) is 63.1 Å². The van der Waals surface area contributed by atoms with Gasteiger partial charge in [-0.25, -0.2) is 0 Å². The lowest BCUT2D eigenvalue weighted by Crippen LogP contribution is -2.40. The van der Waals surface area contributed by atoms with Crippen molar-refractivity contribution in [2.24, 2.45) is 17.1 Å². The summed E-state index contributed by atoms with van der Waals surface area (Å²) in [7, 11) is 0. The third kappa shape index (κ3) is 3.73. The molecular weight excluding hydrogens is 353 g/mol. The highest BCUT2D eigenvalue weighted by atomic mass is 19.4. The maximum atomic E-state index is 12.9. The first-order valence-electron chi connectivity index (χ1n) is 10.00. The van der Waals surface area contributed by atoms with Gasteiger partial charge in [0.2, 0.25) is 5.91 Å². The molecule has 0 radical (unpaired) electrons. The molecule has 0 bridgehead atoms. The molecule has 1 spiro atoms. The highest BCUT2D eigenvalue weighted by Crippen LogP contribution is 2.61. The average Bonchev–Trinajstić information content (AvgIpc) is 3.37. The van der Waals surface area contributed by atoms with Crippen molar-refractivity contribution < 1.29 is 18.0 Å². The molecule has 1 aliphatic heterocycles. The summed E-state index contributed by atoms with van der Waals surface area (Å²) in [5.74, 6) is 0.695. The zero-order valence-corrected chi connectivity index (χ0v) is 15.5. The standard InChI is InChI=1S/C21H27F3N2O/c22-21(23,24)16-3-1-14(2-4-16)15-7-11-26(12-8-15)19(27)18-13-20(18)9-5-17(25)6-10-20/h1-4,15,17-18H,5-13,25H2. The van der Waals surface area contributed by atoms with Crippen LogP contribution in [0, 0.1) is 11.3 Å². The van der Waals surface area contributed by atoms with E-state index in [4.69, 9.17) is 5.73 Å². The number of carbonyl (C=O) groups excluding carboxylic acids is 1. The summed E-state index contributed by atoms with van der Waals surface area (Å²) < 4.78 is 38.1. The number of amides is 1. The number of piperidine rings is 1. The number of rotatable bonds is 2. The number of nitrogens with zero attached hydrogens (tertiary/aromatic N) is 1. The minimum Gasteiger partial charge on any atom is -0.342 e. The Bertz CT molecular complexity index is 684. The molecule has 1 aromatic carbocycles. The molecule has 4 rings (SSSR count). The first-order valence-corrected chi connectivity index (χ1v) is 10.00. The number of alkyl halides is 3. The molecule has 1 saturated heterocycles. The Morgan fingerprint density at radius 2 is 1.63 bits per heavy atom. The number of hydrogen-bond donors (Lipinski definition) is 1. The summed E-state index contributed by atoms with van der Waals surface area (Å²) in [6, 6.07) is 5.80. The summed E-state index contributed by atoms with van der Waals surface area (Å²) in [6.07, 6.45) is 2.57. The van der Waals surface area contributed by atoms with Crippen molar-refractivity contribution >= 4 is 5.91 Å². The number of benzene rings is 1. The fraction of sp³-hybridized carbons (Fsp3) is 0.667. The molecule has 2 saturated carbocycles. The third-order valence-corrected chi connectivity index (χ3v) is 7.03. The molecule has 3 nitrogen and oxygen atoms in total. The van der Waals surface area contributed by atoms with Crippen LogP contribution in [0.1, 0.15) is 62.0 Å². The predicted octanol–water partition coefficient (Wildman–Crippen LogP) is 4.32. The topological polar surface area (TPSA) is 46.3 Å². The fourth-order valence-electron chi connectivity index (χ4n) is 5.06. The number of nitrogens with two attached hydrogens (primary N) is 1. The lowest BCUT2D eigenvalue weighted by atomic mass is 9.81. The van der Waals surface area contributed by atoms with Gasteiger partial charge in [0.05, 0.1) is 5.56 Å². The van der Waals surface area contributed by atoms with Gasteiger partial charge in [-0.15, -0.1) is 0 Å². The van der Waals surface area contributed by atoms with Crippen LogP contribution in [0.15, 0.2) is 24.3 Å². The van der Waals surface area contributed by atoms with Crippen LogP contribution in [0.25, 0.3) is 0 Å². The van der Waals surface area contributed by atoms with Crippen LogP contribution in [0.5, 0.6) is 0 Å². The Labute approximate surface area is 158 Å². The van der Waals surface area contributed by atoms with Crippen LogP contribution in [-0.4, -0.2) is 29.9 Å². The second kappa shape index (κ2) is 6.80. The van der Waals surface area contributed by atoms with E-state index in [9.17, 15) is 18.0 Å². The Balaban J connectivity index is 1.31. The molecule has 1 heterocycles. The molecule has 148 valence electrons. The van der Waals surface area contributed by atoms with Crippen LogP contribution < -0.4 is 5.73 Å². The van der Waals surface area contributed by atoms with Gasteiger partial charge >= 0.3 is 6.18 Å². The summed E-state index contributed by atoms with van der Waals surface area (Å²) in [5, 5.41) is 0. The van der Waals surface area contributed by atoms with E-state index in [0.29, 0.717) is 19.1 Å². The van der Waals surface area contributed by atoms with Crippen molar-refractivity contribution in [2.75, 3.05) is 13.1 Å². The zero-order valence-electron chi connectivity index (χ0n) is 15.5. The normalized spacial score (nSPS) is 31.9. The fourth-order valence-corrected chi connectivity index (χ4v) is 5.06. The second-order valence-corrected chi connectivity index (χ2v) is 8.68. The van der Waals surface area contributed by atoms with Crippen molar-refractivity contribution in [1.82, 2.24) is 4.90 Å². The van der Waals surface area contributed by atoms with Gasteiger partial charge < -0.3 is 10.6 Å². The van der Waals surface area contributed by atoms with Gasteiger partial charge in [0.1, 0.15) is 0 Å². The van der Waals surface area contributed by atoms with E-state index in [1.54, 1.807) is 12.1 Å². The maximum Gasteiger partial charge on any atom is 0.416 e. The Kier molecular flexibility index (Phi) is 4.73. The highest BCUT2D eigenvalue weighted by Gasteiger charge is 2.59. The quantitative estimate of drug-likeness (QED) is 0.831. The third-order valence-electron chi connectivity index (χ3n) is 7.03. The minimum absolute atomic E-state index is 0.174. The SMILES string of the molecule is NC1CCC2(CC1)CC2C(=O)N1CCC(c2ccc(C(F)(F)F)cc2)CC1. The molecule has 27 heavy (non-hydrogen) atoms. The number of halogens is 3. The molecule has 2 aliphatic carbocycles. The number of hydrogen-bond acceptors (Lipinski definition) is 2. The van der Waals surface area contributed by atoms with Crippen LogP contribution in [0.2, 0.25) is 0 Å².